The number of carbonyl (C=O) groups is 2. The minimum atomic E-state index is -0.116. The predicted octanol–water partition coefficient (Wildman–Crippen LogP) is 2.47. The van der Waals surface area contributed by atoms with Gasteiger partial charge in [-0.2, -0.15) is 0 Å². The summed E-state index contributed by atoms with van der Waals surface area (Å²) in [6.45, 7) is 3.02. The standard InChI is InChI=1S/C17H19N3O3/c1-12-4-2-8-18-15(12)19-16(21)13-6-9-20(10-7-13)17(22)14-5-3-11-23-14/h2-5,8,11,13H,6-7,9-10H2,1H3,(H,18,19,21). The molecule has 2 aromatic rings. The van der Waals surface area contributed by atoms with Crippen molar-refractivity contribution < 1.29 is 14.0 Å². The van der Waals surface area contributed by atoms with E-state index in [2.05, 4.69) is 10.3 Å². The molecule has 6 nitrogen and oxygen atoms in total. The molecule has 2 aromatic heterocycles. The Morgan fingerprint density at radius 2 is 2.04 bits per heavy atom. The van der Waals surface area contributed by atoms with Crippen molar-refractivity contribution in [1.82, 2.24) is 9.88 Å². The minimum Gasteiger partial charge on any atom is -0.459 e. The lowest BCUT2D eigenvalue weighted by Crippen LogP contribution is -2.41. The molecule has 0 aliphatic carbocycles. The Labute approximate surface area is 134 Å². The zero-order valence-electron chi connectivity index (χ0n) is 13.0. The quantitative estimate of drug-likeness (QED) is 0.944. The molecule has 0 aromatic carbocycles. The van der Waals surface area contributed by atoms with Crippen LogP contribution in [-0.4, -0.2) is 34.8 Å². The number of amides is 2. The first-order chi connectivity index (χ1) is 11.1. The normalized spacial score (nSPS) is 15.4. The molecule has 0 radical (unpaired) electrons. The van der Waals surface area contributed by atoms with Crippen LogP contribution in [-0.2, 0) is 4.79 Å². The summed E-state index contributed by atoms with van der Waals surface area (Å²) >= 11 is 0. The molecule has 1 saturated heterocycles. The summed E-state index contributed by atoms with van der Waals surface area (Å²) in [6, 6.07) is 7.10. The fourth-order valence-electron chi connectivity index (χ4n) is 2.74. The third-order valence-corrected chi connectivity index (χ3v) is 4.14. The van der Waals surface area contributed by atoms with Crippen molar-refractivity contribution in [1.29, 1.82) is 0 Å². The lowest BCUT2D eigenvalue weighted by atomic mass is 9.95. The summed E-state index contributed by atoms with van der Waals surface area (Å²) in [4.78, 5) is 30.5. The predicted molar refractivity (Wildman–Crippen MR) is 84.9 cm³/mol. The van der Waals surface area contributed by atoms with E-state index in [-0.39, 0.29) is 17.7 Å². The number of hydrogen-bond donors (Lipinski definition) is 1. The number of carbonyl (C=O) groups excluding carboxylic acids is 2. The van der Waals surface area contributed by atoms with Crippen LogP contribution in [0.4, 0.5) is 5.82 Å². The lowest BCUT2D eigenvalue weighted by molar-refractivity contribution is -0.121. The van der Waals surface area contributed by atoms with Gasteiger partial charge in [-0.15, -0.1) is 0 Å². The second-order valence-electron chi connectivity index (χ2n) is 5.70. The van der Waals surface area contributed by atoms with Crippen LogP contribution in [0.15, 0.2) is 41.1 Å². The first-order valence-corrected chi connectivity index (χ1v) is 7.70. The van der Waals surface area contributed by atoms with E-state index in [9.17, 15) is 9.59 Å². The molecule has 1 aliphatic heterocycles. The van der Waals surface area contributed by atoms with E-state index in [1.165, 1.54) is 6.26 Å². The third kappa shape index (κ3) is 3.41. The van der Waals surface area contributed by atoms with Gasteiger partial charge in [-0.05, 0) is 43.5 Å². The molecule has 1 aliphatic rings. The smallest absolute Gasteiger partial charge is 0.289 e. The number of hydrogen-bond acceptors (Lipinski definition) is 4. The van der Waals surface area contributed by atoms with Crippen molar-refractivity contribution in [2.45, 2.75) is 19.8 Å². The highest BCUT2D eigenvalue weighted by molar-refractivity contribution is 5.93. The van der Waals surface area contributed by atoms with Crippen molar-refractivity contribution in [2.75, 3.05) is 18.4 Å². The highest BCUT2D eigenvalue weighted by atomic mass is 16.3. The molecule has 3 rings (SSSR count). The molecule has 6 heteroatoms. The van der Waals surface area contributed by atoms with Gasteiger partial charge in [0.1, 0.15) is 5.82 Å². The van der Waals surface area contributed by atoms with E-state index in [0.717, 1.165) is 5.56 Å². The lowest BCUT2D eigenvalue weighted by Gasteiger charge is -2.30. The number of nitrogens with zero attached hydrogens (tertiary/aromatic N) is 2. The summed E-state index contributed by atoms with van der Waals surface area (Å²) in [5.41, 5.74) is 0.936. The first kappa shape index (κ1) is 15.3. The van der Waals surface area contributed by atoms with Gasteiger partial charge in [0.05, 0.1) is 6.26 Å². The topological polar surface area (TPSA) is 75.4 Å². The fourth-order valence-corrected chi connectivity index (χ4v) is 2.74. The van der Waals surface area contributed by atoms with E-state index in [1.54, 1.807) is 23.2 Å². The van der Waals surface area contributed by atoms with Crippen LogP contribution in [0.1, 0.15) is 29.0 Å². The largest absolute Gasteiger partial charge is 0.459 e. The molecule has 120 valence electrons. The highest BCUT2D eigenvalue weighted by Crippen LogP contribution is 2.21. The summed E-state index contributed by atoms with van der Waals surface area (Å²) in [5.74, 6) is 0.701. The number of anilines is 1. The van der Waals surface area contributed by atoms with Crippen molar-refractivity contribution >= 4 is 17.6 Å². The molecule has 1 fully saturated rings. The Kier molecular flexibility index (Phi) is 4.41. The number of furan rings is 1. The fraction of sp³-hybridized carbons (Fsp3) is 0.353. The van der Waals surface area contributed by atoms with Gasteiger partial charge < -0.3 is 14.6 Å². The average molecular weight is 313 g/mol. The second-order valence-corrected chi connectivity index (χ2v) is 5.70. The van der Waals surface area contributed by atoms with Crippen LogP contribution in [0.3, 0.4) is 0 Å². The average Bonchev–Trinajstić information content (AvgIpc) is 3.11. The minimum absolute atomic E-state index is 0.0307. The zero-order chi connectivity index (χ0) is 16.2. The molecule has 0 bridgehead atoms. The van der Waals surface area contributed by atoms with Gasteiger partial charge in [-0.1, -0.05) is 6.07 Å². The molecule has 1 N–H and O–H groups in total. The van der Waals surface area contributed by atoms with Crippen LogP contribution >= 0.6 is 0 Å². The molecule has 0 atom stereocenters. The van der Waals surface area contributed by atoms with E-state index < -0.39 is 0 Å². The number of rotatable bonds is 3. The van der Waals surface area contributed by atoms with E-state index in [0.29, 0.717) is 37.5 Å². The summed E-state index contributed by atoms with van der Waals surface area (Å²) in [7, 11) is 0. The Hall–Kier alpha value is -2.63. The monoisotopic (exact) mass is 313 g/mol. The van der Waals surface area contributed by atoms with Gasteiger partial charge in [0.15, 0.2) is 5.76 Å². The number of nitrogens with one attached hydrogen (secondary N) is 1. The van der Waals surface area contributed by atoms with Crippen LogP contribution < -0.4 is 5.32 Å². The van der Waals surface area contributed by atoms with Crippen molar-refractivity contribution in [3.8, 4) is 0 Å². The van der Waals surface area contributed by atoms with Gasteiger partial charge in [-0.25, -0.2) is 4.98 Å². The van der Waals surface area contributed by atoms with Gasteiger partial charge >= 0.3 is 0 Å². The Morgan fingerprint density at radius 1 is 1.26 bits per heavy atom. The van der Waals surface area contributed by atoms with Crippen LogP contribution in [0.2, 0.25) is 0 Å². The summed E-state index contributed by atoms with van der Waals surface area (Å²) < 4.78 is 5.14. The second kappa shape index (κ2) is 6.64. The number of piperidine rings is 1. The van der Waals surface area contributed by atoms with Gasteiger partial charge in [0.25, 0.3) is 5.91 Å². The van der Waals surface area contributed by atoms with Gasteiger partial charge in [0, 0.05) is 25.2 Å². The Balaban J connectivity index is 1.55. The zero-order valence-corrected chi connectivity index (χ0v) is 13.0. The maximum atomic E-state index is 12.4. The molecule has 0 spiro atoms. The van der Waals surface area contributed by atoms with Crippen LogP contribution in [0.5, 0.6) is 0 Å². The van der Waals surface area contributed by atoms with Gasteiger partial charge in [0.2, 0.25) is 5.91 Å². The van der Waals surface area contributed by atoms with Crippen molar-refractivity contribution in [2.24, 2.45) is 5.92 Å². The molecule has 3 heterocycles. The number of aromatic nitrogens is 1. The molecule has 2 amide bonds. The number of aryl methyl sites for hydroxylation is 1. The van der Waals surface area contributed by atoms with Crippen LogP contribution in [0, 0.1) is 12.8 Å². The van der Waals surface area contributed by atoms with Crippen LogP contribution in [0.25, 0.3) is 0 Å². The number of pyridine rings is 1. The van der Waals surface area contributed by atoms with E-state index >= 15 is 0 Å². The molecule has 0 unspecified atom stereocenters. The summed E-state index contributed by atoms with van der Waals surface area (Å²) in [5, 5.41) is 2.88. The third-order valence-electron chi connectivity index (χ3n) is 4.14. The SMILES string of the molecule is Cc1cccnc1NC(=O)C1CCN(C(=O)c2ccco2)CC1. The summed E-state index contributed by atoms with van der Waals surface area (Å²) in [6.07, 6.45) is 4.43. The van der Waals surface area contributed by atoms with Gasteiger partial charge in [-0.3, -0.25) is 9.59 Å². The van der Waals surface area contributed by atoms with E-state index in [1.807, 2.05) is 19.1 Å². The highest BCUT2D eigenvalue weighted by Gasteiger charge is 2.29. The van der Waals surface area contributed by atoms with E-state index in [4.69, 9.17) is 4.42 Å². The molecule has 0 saturated carbocycles. The molecular weight excluding hydrogens is 294 g/mol. The van der Waals surface area contributed by atoms with Crippen molar-refractivity contribution in [3.63, 3.8) is 0 Å². The first-order valence-electron chi connectivity index (χ1n) is 7.70. The maximum absolute atomic E-state index is 12.4. The Bertz CT molecular complexity index is 689. The van der Waals surface area contributed by atoms with Crippen molar-refractivity contribution in [3.05, 3.63) is 48.0 Å². The Morgan fingerprint density at radius 3 is 2.70 bits per heavy atom. The molecule has 23 heavy (non-hydrogen) atoms. The maximum Gasteiger partial charge on any atom is 0.289 e. The molecular formula is C17H19N3O3. The number of likely N-dealkylation sites (tertiary alicyclic amines) is 1.